The van der Waals surface area contributed by atoms with Crippen molar-refractivity contribution in [2.24, 2.45) is 5.14 Å². The van der Waals surface area contributed by atoms with Crippen molar-refractivity contribution in [1.82, 2.24) is 0 Å². The van der Waals surface area contributed by atoms with Crippen LogP contribution >= 0.6 is 23.2 Å². The Hall–Kier alpha value is -1.80. The second-order valence-corrected chi connectivity index (χ2v) is 7.87. The van der Waals surface area contributed by atoms with Crippen LogP contribution < -0.4 is 14.8 Å². The van der Waals surface area contributed by atoms with Gasteiger partial charge >= 0.3 is 0 Å². The molecule has 1 amide bonds. The van der Waals surface area contributed by atoms with Gasteiger partial charge in [-0.1, -0.05) is 29.3 Å². The molecule has 9 heteroatoms. The van der Waals surface area contributed by atoms with E-state index in [9.17, 15) is 13.2 Å². The number of hydrogen-bond donors (Lipinski definition) is 1. The molecule has 2 N–H and O–H groups in total. The molecule has 132 valence electrons. The summed E-state index contributed by atoms with van der Waals surface area (Å²) in [5, 5.41) is 5.88. The second kappa shape index (κ2) is 6.84. The maximum atomic E-state index is 12.5. The fourth-order valence-electron chi connectivity index (χ4n) is 2.58. The van der Waals surface area contributed by atoms with Crippen LogP contribution in [0.25, 0.3) is 0 Å². The van der Waals surface area contributed by atoms with Gasteiger partial charge in [0.1, 0.15) is 5.75 Å². The van der Waals surface area contributed by atoms with Crippen LogP contribution in [0.5, 0.6) is 5.75 Å². The van der Waals surface area contributed by atoms with Crippen LogP contribution in [0.1, 0.15) is 5.56 Å². The van der Waals surface area contributed by atoms with Gasteiger partial charge in [-0.25, -0.2) is 13.6 Å². The molecule has 0 saturated heterocycles. The first-order chi connectivity index (χ1) is 11.8. The number of amides is 1. The molecule has 0 bridgehead atoms. The molecule has 2 aromatic carbocycles. The van der Waals surface area contributed by atoms with E-state index >= 15 is 0 Å². The highest BCUT2D eigenvalue weighted by Crippen LogP contribution is 2.31. The Bertz CT molecular complexity index is 947. The van der Waals surface area contributed by atoms with Gasteiger partial charge in [0.2, 0.25) is 10.0 Å². The standard InChI is InChI=1S/C16H14Cl2N2O4S/c17-13-4-2-11(7-14(13)18)24-9-16(21)20-6-5-10-1-3-12(8-15(10)20)25(19,22)23/h1-4,7-8H,5-6,9H2,(H2,19,22,23). The topological polar surface area (TPSA) is 89.7 Å². The van der Waals surface area contributed by atoms with Gasteiger partial charge in [0.15, 0.2) is 6.61 Å². The summed E-state index contributed by atoms with van der Waals surface area (Å²) >= 11 is 11.7. The van der Waals surface area contributed by atoms with Crippen LogP contribution in [0.4, 0.5) is 5.69 Å². The summed E-state index contributed by atoms with van der Waals surface area (Å²) < 4.78 is 28.5. The van der Waals surface area contributed by atoms with E-state index in [0.717, 1.165) is 5.56 Å². The molecule has 0 spiro atoms. The van der Waals surface area contributed by atoms with Crippen molar-refractivity contribution < 1.29 is 17.9 Å². The number of benzene rings is 2. The Balaban J connectivity index is 1.75. The first-order valence-electron chi connectivity index (χ1n) is 7.29. The number of primary sulfonamides is 1. The third kappa shape index (κ3) is 3.90. The molecule has 0 aliphatic carbocycles. The monoisotopic (exact) mass is 400 g/mol. The Morgan fingerprint density at radius 1 is 1.16 bits per heavy atom. The third-order valence-corrected chi connectivity index (χ3v) is 5.49. The predicted molar refractivity (Wildman–Crippen MR) is 95.8 cm³/mol. The maximum Gasteiger partial charge on any atom is 0.264 e. The Labute approximate surface area is 155 Å². The molecule has 1 aliphatic rings. The molecule has 25 heavy (non-hydrogen) atoms. The molecule has 0 radical (unpaired) electrons. The molecule has 0 unspecified atom stereocenters. The second-order valence-electron chi connectivity index (χ2n) is 5.50. The molecule has 2 aromatic rings. The first kappa shape index (κ1) is 18.0. The minimum absolute atomic E-state index is 0.0312. The highest BCUT2D eigenvalue weighted by atomic mass is 35.5. The minimum Gasteiger partial charge on any atom is -0.484 e. The van der Waals surface area contributed by atoms with Gasteiger partial charge in [0, 0.05) is 18.3 Å². The lowest BCUT2D eigenvalue weighted by atomic mass is 10.2. The summed E-state index contributed by atoms with van der Waals surface area (Å²) in [5.41, 5.74) is 1.42. The quantitative estimate of drug-likeness (QED) is 0.853. The van der Waals surface area contributed by atoms with Crippen LogP contribution in [-0.4, -0.2) is 27.5 Å². The van der Waals surface area contributed by atoms with Crippen molar-refractivity contribution in [2.45, 2.75) is 11.3 Å². The molecular formula is C16H14Cl2N2O4S. The lowest BCUT2D eigenvalue weighted by Crippen LogP contribution is -2.33. The number of nitrogens with two attached hydrogens (primary N) is 1. The summed E-state index contributed by atoms with van der Waals surface area (Å²) in [4.78, 5) is 13.9. The van der Waals surface area contributed by atoms with Crippen LogP contribution in [0.15, 0.2) is 41.3 Å². The Morgan fingerprint density at radius 3 is 2.60 bits per heavy atom. The number of carbonyl (C=O) groups is 1. The summed E-state index contributed by atoms with van der Waals surface area (Å²) in [6.07, 6.45) is 0.638. The van der Waals surface area contributed by atoms with Gasteiger partial charge in [-0.15, -0.1) is 0 Å². The Kier molecular flexibility index (Phi) is 4.92. The van der Waals surface area contributed by atoms with Gasteiger partial charge in [-0.05, 0) is 36.2 Å². The summed E-state index contributed by atoms with van der Waals surface area (Å²) in [7, 11) is -3.83. The van der Waals surface area contributed by atoms with Crippen molar-refractivity contribution in [3.8, 4) is 5.75 Å². The number of nitrogens with zero attached hydrogens (tertiary/aromatic N) is 1. The fraction of sp³-hybridized carbons (Fsp3) is 0.188. The van der Waals surface area contributed by atoms with Gasteiger partial charge < -0.3 is 9.64 Å². The molecule has 3 rings (SSSR count). The number of fused-ring (bicyclic) bond motifs is 1. The maximum absolute atomic E-state index is 12.5. The smallest absolute Gasteiger partial charge is 0.264 e. The molecule has 0 aromatic heterocycles. The van der Waals surface area contributed by atoms with Crippen molar-refractivity contribution in [1.29, 1.82) is 0 Å². The zero-order valence-electron chi connectivity index (χ0n) is 12.9. The van der Waals surface area contributed by atoms with E-state index in [-0.39, 0.29) is 17.4 Å². The summed E-state index contributed by atoms with van der Waals surface area (Å²) in [6.45, 7) is 0.240. The lowest BCUT2D eigenvalue weighted by Gasteiger charge is -2.18. The average Bonchev–Trinajstić information content (AvgIpc) is 2.98. The van der Waals surface area contributed by atoms with Gasteiger partial charge in [0.25, 0.3) is 5.91 Å². The average molecular weight is 401 g/mol. The largest absolute Gasteiger partial charge is 0.484 e. The van der Waals surface area contributed by atoms with E-state index < -0.39 is 10.0 Å². The van der Waals surface area contributed by atoms with E-state index in [1.54, 1.807) is 18.2 Å². The van der Waals surface area contributed by atoms with E-state index in [4.69, 9.17) is 33.1 Å². The van der Waals surface area contributed by atoms with Crippen molar-refractivity contribution in [3.63, 3.8) is 0 Å². The SMILES string of the molecule is NS(=O)(=O)c1ccc2c(c1)N(C(=O)COc1ccc(Cl)c(Cl)c1)CC2. The Morgan fingerprint density at radius 2 is 1.92 bits per heavy atom. The van der Waals surface area contributed by atoms with E-state index in [2.05, 4.69) is 0 Å². The highest BCUT2D eigenvalue weighted by Gasteiger charge is 2.26. The number of sulfonamides is 1. The summed E-state index contributed by atoms with van der Waals surface area (Å²) in [5.74, 6) is 0.122. The molecule has 1 aliphatic heterocycles. The lowest BCUT2D eigenvalue weighted by molar-refractivity contribution is -0.120. The molecule has 1 heterocycles. The highest BCUT2D eigenvalue weighted by molar-refractivity contribution is 7.89. The van der Waals surface area contributed by atoms with E-state index in [1.807, 2.05) is 0 Å². The molecular weight excluding hydrogens is 387 g/mol. The van der Waals surface area contributed by atoms with Crippen molar-refractivity contribution in [3.05, 3.63) is 52.0 Å². The van der Waals surface area contributed by atoms with Crippen LogP contribution in [0.2, 0.25) is 10.0 Å². The van der Waals surface area contributed by atoms with Crippen LogP contribution in [0.3, 0.4) is 0 Å². The van der Waals surface area contributed by atoms with E-state index in [0.29, 0.717) is 34.4 Å². The van der Waals surface area contributed by atoms with Gasteiger partial charge in [-0.3, -0.25) is 4.79 Å². The predicted octanol–water partition coefficient (Wildman–Crippen LogP) is 2.61. The summed E-state index contributed by atoms with van der Waals surface area (Å²) in [6, 6.07) is 9.23. The number of halogens is 2. The molecule has 6 nitrogen and oxygen atoms in total. The zero-order chi connectivity index (χ0) is 18.2. The fourth-order valence-corrected chi connectivity index (χ4v) is 3.41. The number of rotatable bonds is 4. The van der Waals surface area contributed by atoms with Gasteiger partial charge in [-0.2, -0.15) is 0 Å². The van der Waals surface area contributed by atoms with Crippen molar-refractivity contribution in [2.75, 3.05) is 18.1 Å². The minimum atomic E-state index is -3.83. The van der Waals surface area contributed by atoms with Crippen LogP contribution in [0, 0.1) is 0 Å². The zero-order valence-corrected chi connectivity index (χ0v) is 15.2. The van der Waals surface area contributed by atoms with Crippen LogP contribution in [-0.2, 0) is 21.2 Å². The number of carbonyl (C=O) groups excluding carboxylic acids is 1. The van der Waals surface area contributed by atoms with E-state index in [1.165, 1.54) is 23.1 Å². The molecule has 0 saturated carbocycles. The normalized spacial score (nSPS) is 13.6. The molecule has 0 fully saturated rings. The third-order valence-electron chi connectivity index (χ3n) is 3.84. The number of hydrogen-bond acceptors (Lipinski definition) is 4. The number of ether oxygens (including phenoxy) is 1. The first-order valence-corrected chi connectivity index (χ1v) is 9.60. The van der Waals surface area contributed by atoms with Gasteiger partial charge in [0.05, 0.1) is 14.9 Å². The molecule has 0 atom stereocenters. The van der Waals surface area contributed by atoms with Crippen molar-refractivity contribution >= 4 is 44.8 Å². The number of anilines is 1.